The highest BCUT2D eigenvalue weighted by Gasteiger charge is 2.40. The highest BCUT2D eigenvalue weighted by molar-refractivity contribution is 7.92. The summed E-state index contributed by atoms with van der Waals surface area (Å²) in [5.74, 6) is -2.35. The number of nitrogens with one attached hydrogen (secondary N) is 3. The average Bonchev–Trinajstić information content (AvgIpc) is 3.56. The predicted molar refractivity (Wildman–Crippen MR) is 224 cm³/mol. The normalized spacial score (nSPS) is 19.3. The highest BCUT2D eigenvalue weighted by atomic mass is 32.2. The van der Waals surface area contributed by atoms with Gasteiger partial charge in [0.1, 0.15) is 28.9 Å². The van der Waals surface area contributed by atoms with Gasteiger partial charge in [-0.2, -0.15) is 18.2 Å². The number of nitrogens with zero attached hydrogens (tertiary/aromatic N) is 9. The van der Waals surface area contributed by atoms with E-state index in [2.05, 4.69) is 50.6 Å². The topological polar surface area (TPSA) is 189 Å². The van der Waals surface area contributed by atoms with Crippen LogP contribution in [0.2, 0.25) is 0 Å². The third kappa shape index (κ3) is 9.66. The Bertz CT molecular complexity index is 2500. The summed E-state index contributed by atoms with van der Waals surface area (Å²) in [5.41, 5.74) is 2.00. The van der Waals surface area contributed by atoms with Crippen LogP contribution in [0.3, 0.4) is 0 Å². The van der Waals surface area contributed by atoms with Gasteiger partial charge in [0.15, 0.2) is 5.82 Å². The quantitative estimate of drug-likeness (QED) is 0.138. The standard InChI is InChI=1S/C41H46F4N12O5S/c1-53(63(2,61)62)37-33(46-11-12-47-37)22-48-36-31(41(43,44)45)21-49-40(52-36)50-27-3-5-28(6-4-27)55-13-9-29(10-14-55)56-17-15-54(16-18-56)23-26-19-25-24-57(39(60)30(25)20-32(26)42)34-7-8-35(58)51-38(34)59/h3-6,11-12,19-21,29,34H,7-10,13-18,22-24H2,1-2H3,(H,51,58,59)(H2,48,49,50,52). The van der Waals surface area contributed by atoms with Crippen LogP contribution >= 0.6 is 0 Å². The van der Waals surface area contributed by atoms with Gasteiger partial charge in [0.05, 0.1) is 12.8 Å². The van der Waals surface area contributed by atoms with E-state index in [1.54, 1.807) is 18.2 Å². The van der Waals surface area contributed by atoms with Crippen LogP contribution < -0.4 is 25.2 Å². The van der Waals surface area contributed by atoms with E-state index in [0.29, 0.717) is 35.6 Å². The van der Waals surface area contributed by atoms with Gasteiger partial charge in [0, 0.05) is 113 Å². The second-order valence-electron chi connectivity index (χ2n) is 16.1. The van der Waals surface area contributed by atoms with Crippen molar-refractivity contribution in [1.82, 2.24) is 40.0 Å². The summed E-state index contributed by atoms with van der Waals surface area (Å²) in [4.78, 5) is 61.7. The van der Waals surface area contributed by atoms with Gasteiger partial charge in [-0.25, -0.2) is 22.8 Å². The molecule has 1 atom stereocenters. The Hall–Kier alpha value is -6.00. The van der Waals surface area contributed by atoms with Crippen molar-refractivity contribution >= 4 is 56.7 Å². The van der Waals surface area contributed by atoms with Crippen molar-refractivity contribution in [1.29, 1.82) is 0 Å². The Kier molecular flexibility index (Phi) is 12.2. The highest BCUT2D eigenvalue weighted by Crippen LogP contribution is 2.35. The molecule has 3 saturated heterocycles. The molecule has 17 nitrogen and oxygen atoms in total. The SMILES string of the molecule is CN(c1nccnc1CNc1nc(Nc2ccc(N3CCC(N4CCN(Cc5cc6c(cc5F)C(=O)N(C5CCC(=O)NC5=O)C6)CC4)CC3)cc2)ncc1C(F)(F)F)S(C)(=O)=O. The zero-order valence-electron chi connectivity index (χ0n) is 34.5. The minimum Gasteiger partial charge on any atom is -0.371 e. The lowest BCUT2D eigenvalue weighted by atomic mass is 10.0. The van der Waals surface area contributed by atoms with E-state index in [9.17, 15) is 36.0 Å². The van der Waals surface area contributed by atoms with Gasteiger partial charge in [0.25, 0.3) is 5.91 Å². The molecule has 0 aliphatic carbocycles. The number of fused-ring (bicyclic) bond motifs is 1. The fourth-order valence-corrected chi connectivity index (χ4v) is 8.99. The molecule has 22 heteroatoms. The molecule has 0 spiro atoms. The number of alkyl halides is 3. The third-order valence-corrected chi connectivity index (χ3v) is 13.2. The number of imide groups is 1. The summed E-state index contributed by atoms with van der Waals surface area (Å²) >= 11 is 0. The maximum atomic E-state index is 15.3. The molecule has 2 aromatic carbocycles. The molecule has 2 aromatic heterocycles. The van der Waals surface area contributed by atoms with Crippen LogP contribution in [-0.2, 0) is 45.4 Å². The van der Waals surface area contributed by atoms with E-state index in [0.717, 1.165) is 68.4 Å². The van der Waals surface area contributed by atoms with Crippen molar-refractivity contribution in [2.24, 2.45) is 0 Å². The van der Waals surface area contributed by atoms with Gasteiger partial charge in [-0.05, 0) is 61.2 Å². The molecule has 0 bridgehead atoms. The number of amides is 3. The van der Waals surface area contributed by atoms with Crippen molar-refractivity contribution in [2.75, 3.05) is 72.4 Å². The van der Waals surface area contributed by atoms with Gasteiger partial charge in [0.2, 0.25) is 27.8 Å². The Balaban J connectivity index is 0.821. The molecule has 6 heterocycles. The number of sulfonamides is 1. The largest absolute Gasteiger partial charge is 0.421 e. The molecule has 63 heavy (non-hydrogen) atoms. The minimum absolute atomic E-state index is 0.0379. The molecular formula is C41H46F4N12O5S. The molecule has 3 N–H and O–H groups in total. The lowest BCUT2D eigenvalue weighted by Gasteiger charge is -2.43. The van der Waals surface area contributed by atoms with Gasteiger partial charge in [-0.1, -0.05) is 0 Å². The van der Waals surface area contributed by atoms with E-state index in [1.165, 1.54) is 30.4 Å². The fourth-order valence-electron chi connectivity index (χ4n) is 8.52. The van der Waals surface area contributed by atoms with E-state index >= 15 is 4.39 Å². The van der Waals surface area contributed by atoms with Gasteiger partial charge in [-0.15, -0.1) is 0 Å². The van der Waals surface area contributed by atoms with Gasteiger partial charge in [-0.3, -0.25) is 38.8 Å². The number of aromatic nitrogens is 4. The summed E-state index contributed by atoms with van der Waals surface area (Å²) in [5, 5.41) is 7.89. The van der Waals surface area contributed by atoms with Gasteiger partial charge < -0.3 is 20.4 Å². The number of carbonyl (C=O) groups excluding carboxylic acids is 3. The molecule has 1 unspecified atom stereocenters. The molecule has 4 aromatic rings. The summed E-state index contributed by atoms with van der Waals surface area (Å²) in [7, 11) is -2.45. The smallest absolute Gasteiger partial charge is 0.371 e. The van der Waals surface area contributed by atoms with Crippen molar-refractivity contribution < 1.29 is 40.4 Å². The number of halogens is 4. The molecule has 3 fully saturated rings. The van der Waals surface area contributed by atoms with Gasteiger partial charge >= 0.3 is 6.18 Å². The molecule has 8 rings (SSSR count). The number of carbonyl (C=O) groups is 3. The zero-order valence-corrected chi connectivity index (χ0v) is 35.3. The zero-order chi connectivity index (χ0) is 44.6. The van der Waals surface area contributed by atoms with E-state index in [-0.39, 0.29) is 54.9 Å². The molecule has 0 saturated carbocycles. The predicted octanol–water partition coefficient (Wildman–Crippen LogP) is 3.72. The second kappa shape index (κ2) is 17.6. The lowest BCUT2D eigenvalue weighted by molar-refractivity contribution is -0.138. The van der Waals surface area contributed by atoms with E-state index in [4.69, 9.17) is 0 Å². The van der Waals surface area contributed by atoms with E-state index < -0.39 is 51.3 Å². The molecule has 4 aliphatic heterocycles. The second-order valence-corrected chi connectivity index (χ2v) is 18.1. The van der Waals surface area contributed by atoms with Crippen LogP contribution in [0.15, 0.2) is 55.0 Å². The number of hydrogen-bond acceptors (Lipinski definition) is 14. The Labute approximate surface area is 360 Å². The van der Waals surface area contributed by atoms with Crippen LogP contribution in [0, 0.1) is 5.82 Å². The molecule has 0 radical (unpaired) electrons. The first-order chi connectivity index (χ1) is 30.0. The number of rotatable bonds is 12. The first kappa shape index (κ1) is 43.6. The molecule has 334 valence electrons. The monoisotopic (exact) mass is 894 g/mol. The molecule has 3 amide bonds. The summed E-state index contributed by atoms with van der Waals surface area (Å²) in [6.45, 7) is 5.16. The first-order valence-electron chi connectivity index (χ1n) is 20.5. The minimum atomic E-state index is -4.78. The number of anilines is 5. The number of benzene rings is 2. The van der Waals surface area contributed by atoms with Crippen LogP contribution in [0.4, 0.5) is 46.5 Å². The maximum Gasteiger partial charge on any atom is 0.421 e. The van der Waals surface area contributed by atoms with Crippen molar-refractivity contribution in [3.05, 3.63) is 88.8 Å². The van der Waals surface area contributed by atoms with Crippen LogP contribution in [0.1, 0.15) is 58.4 Å². The molecule has 4 aliphatic rings. The average molecular weight is 895 g/mol. The summed E-state index contributed by atoms with van der Waals surface area (Å²) < 4.78 is 82.3. The van der Waals surface area contributed by atoms with Crippen molar-refractivity contribution in [3.63, 3.8) is 0 Å². The van der Waals surface area contributed by atoms with Crippen molar-refractivity contribution in [3.8, 4) is 0 Å². The van der Waals surface area contributed by atoms with Crippen LogP contribution in [-0.4, -0.2) is 125 Å². The maximum absolute atomic E-state index is 15.3. The number of piperidine rings is 2. The van der Waals surface area contributed by atoms with Crippen LogP contribution in [0.25, 0.3) is 0 Å². The number of hydrogen-bond donors (Lipinski definition) is 3. The summed E-state index contributed by atoms with van der Waals surface area (Å²) in [6.07, 6.45) is 1.77. The summed E-state index contributed by atoms with van der Waals surface area (Å²) in [6, 6.07) is 10.1. The lowest BCUT2D eigenvalue weighted by Crippen LogP contribution is -2.53. The Morgan fingerprint density at radius 2 is 1.65 bits per heavy atom. The molecular weight excluding hydrogens is 849 g/mol. The number of piperazine rings is 1. The first-order valence-corrected chi connectivity index (χ1v) is 22.3. The van der Waals surface area contributed by atoms with Crippen molar-refractivity contribution in [2.45, 2.75) is 63.6 Å². The van der Waals surface area contributed by atoms with Crippen LogP contribution in [0.5, 0.6) is 0 Å². The van der Waals surface area contributed by atoms with E-state index in [1.807, 2.05) is 12.1 Å². The Morgan fingerprint density at radius 3 is 2.33 bits per heavy atom. The Morgan fingerprint density at radius 1 is 0.937 bits per heavy atom. The third-order valence-electron chi connectivity index (χ3n) is 12.0. The fraction of sp³-hybridized carbons (Fsp3) is 0.439.